The molecule has 1 aromatic rings. The number of carboxylic acid groups (broad SMARTS) is 1. The second-order valence-electron chi connectivity index (χ2n) is 4.99. The number of nitrogens with zero attached hydrogens (tertiary/aromatic N) is 4. The smallest absolute Gasteiger partial charge is 0.329 e. The van der Waals surface area contributed by atoms with Gasteiger partial charge in [0.1, 0.15) is 5.54 Å². The molecule has 0 aliphatic heterocycles. The standard InChI is InChI=1S/C11H19N5O2/c1-3-8-4-6-11(7-5-8,9(17)18)12-10-13-14-15-16(10)2/h8H,3-7H2,1-2H3,(H,17,18)(H,12,13,15). The summed E-state index contributed by atoms with van der Waals surface area (Å²) < 4.78 is 1.45. The Hall–Kier alpha value is -1.66. The van der Waals surface area contributed by atoms with E-state index >= 15 is 0 Å². The molecule has 7 heteroatoms. The first-order chi connectivity index (χ1) is 8.57. The van der Waals surface area contributed by atoms with E-state index in [2.05, 4.69) is 27.8 Å². The van der Waals surface area contributed by atoms with Crippen LogP contribution in [0.4, 0.5) is 5.95 Å². The third-order valence-corrected chi connectivity index (χ3v) is 3.92. The first kappa shape index (κ1) is 12.8. The third-order valence-electron chi connectivity index (χ3n) is 3.92. The molecule has 2 N–H and O–H groups in total. The monoisotopic (exact) mass is 253 g/mol. The summed E-state index contributed by atoms with van der Waals surface area (Å²) in [6.07, 6.45) is 4.21. The maximum Gasteiger partial charge on any atom is 0.329 e. The molecule has 0 bridgehead atoms. The second kappa shape index (κ2) is 4.91. The van der Waals surface area contributed by atoms with Crippen molar-refractivity contribution in [2.75, 3.05) is 5.32 Å². The SMILES string of the molecule is CCC1CCC(Nc2nnnn2C)(C(=O)O)CC1. The van der Waals surface area contributed by atoms with E-state index in [-0.39, 0.29) is 0 Å². The highest BCUT2D eigenvalue weighted by Gasteiger charge is 2.42. The van der Waals surface area contributed by atoms with E-state index in [9.17, 15) is 9.90 Å². The molecule has 2 rings (SSSR count). The Morgan fingerprint density at radius 2 is 2.22 bits per heavy atom. The molecule has 0 saturated heterocycles. The van der Waals surface area contributed by atoms with Gasteiger partial charge in [0.2, 0.25) is 5.95 Å². The minimum absolute atomic E-state index is 0.410. The van der Waals surface area contributed by atoms with Gasteiger partial charge in [0.25, 0.3) is 0 Å². The van der Waals surface area contributed by atoms with Crippen LogP contribution in [0.3, 0.4) is 0 Å². The molecule has 0 spiro atoms. The molecular formula is C11H19N5O2. The number of aliphatic carboxylic acids is 1. The Kier molecular flexibility index (Phi) is 3.49. The van der Waals surface area contributed by atoms with Crippen LogP contribution in [0.15, 0.2) is 0 Å². The molecule has 1 aliphatic rings. The topological polar surface area (TPSA) is 92.9 Å². The molecule has 100 valence electrons. The molecule has 1 heterocycles. The van der Waals surface area contributed by atoms with Gasteiger partial charge in [0.05, 0.1) is 0 Å². The number of nitrogens with one attached hydrogen (secondary N) is 1. The fourth-order valence-electron chi connectivity index (χ4n) is 2.52. The largest absolute Gasteiger partial charge is 0.480 e. The number of aromatic nitrogens is 4. The average molecular weight is 253 g/mol. The number of carbonyl (C=O) groups is 1. The van der Waals surface area contributed by atoms with Gasteiger partial charge in [0.15, 0.2) is 0 Å². The number of tetrazole rings is 1. The van der Waals surface area contributed by atoms with Crippen LogP contribution in [-0.2, 0) is 11.8 Å². The van der Waals surface area contributed by atoms with E-state index in [1.54, 1.807) is 7.05 Å². The van der Waals surface area contributed by atoms with Crippen LogP contribution in [0.25, 0.3) is 0 Å². The first-order valence-corrected chi connectivity index (χ1v) is 6.31. The number of anilines is 1. The number of aryl methyl sites for hydroxylation is 1. The molecule has 0 unspecified atom stereocenters. The van der Waals surface area contributed by atoms with Gasteiger partial charge < -0.3 is 10.4 Å². The summed E-state index contributed by atoms with van der Waals surface area (Å²) in [6, 6.07) is 0. The van der Waals surface area contributed by atoms with Gasteiger partial charge >= 0.3 is 5.97 Å². The zero-order chi connectivity index (χ0) is 13.2. The summed E-state index contributed by atoms with van der Waals surface area (Å²) in [4.78, 5) is 11.6. The van der Waals surface area contributed by atoms with E-state index in [0.717, 1.165) is 19.3 Å². The lowest BCUT2D eigenvalue weighted by Gasteiger charge is -2.37. The molecule has 1 aliphatic carbocycles. The highest BCUT2D eigenvalue weighted by molar-refractivity contribution is 5.82. The van der Waals surface area contributed by atoms with Crippen LogP contribution >= 0.6 is 0 Å². The van der Waals surface area contributed by atoms with Crippen molar-refractivity contribution in [3.8, 4) is 0 Å². The predicted molar refractivity (Wildman–Crippen MR) is 65.0 cm³/mol. The van der Waals surface area contributed by atoms with Crippen molar-refractivity contribution in [3.05, 3.63) is 0 Å². The number of carboxylic acids is 1. The van der Waals surface area contributed by atoms with Gasteiger partial charge in [-0.15, -0.1) is 0 Å². The fourth-order valence-corrected chi connectivity index (χ4v) is 2.52. The Labute approximate surface area is 106 Å². The van der Waals surface area contributed by atoms with Gasteiger partial charge in [0, 0.05) is 7.05 Å². The Morgan fingerprint density at radius 1 is 1.56 bits per heavy atom. The Bertz CT molecular complexity index is 423. The van der Waals surface area contributed by atoms with Crippen molar-refractivity contribution in [1.29, 1.82) is 0 Å². The molecule has 1 saturated carbocycles. The van der Waals surface area contributed by atoms with Crippen LogP contribution in [-0.4, -0.2) is 36.8 Å². The first-order valence-electron chi connectivity index (χ1n) is 6.31. The minimum Gasteiger partial charge on any atom is -0.480 e. The van der Waals surface area contributed by atoms with Crippen molar-refractivity contribution in [1.82, 2.24) is 20.2 Å². The molecule has 1 fully saturated rings. The molecule has 18 heavy (non-hydrogen) atoms. The summed E-state index contributed by atoms with van der Waals surface area (Å²) in [6.45, 7) is 2.15. The molecular weight excluding hydrogens is 234 g/mol. The van der Waals surface area contributed by atoms with Gasteiger partial charge in [-0.1, -0.05) is 18.4 Å². The fraction of sp³-hybridized carbons (Fsp3) is 0.818. The van der Waals surface area contributed by atoms with E-state index < -0.39 is 11.5 Å². The highest BCUT2D eigenvalue weighted by Crippen LogP contribution is 2.35. The molecule has 1 aromatic heterocycles. The summed E-state index contributed by atoms with van der Waals surface area (Å²) in [7, 11) is 1.69. The van der Waals surface area contributed by atoms with Crippen LogP contribution in [0.2, 0.25) is 0 Å². The zero-order valence-corrected chi connectivity index (χ0v) is 10.8. The lowest BCUT2D eigenvalue weighted by molar-refractivity contribution is -0.143. The van der Waals surface area contributed by atoms with E-state index in [1.165, 1.54) is 4.68 Å². The summed E-state index contributed by atoms with van der Waals surface area (Å²) in [5.74, 6) is 0.226. The zero-order valence-electron chi connectivity index (χ0n) is 10.8. The van der Waals surface area contributed by atoms with Gasteiger partial charge in [-0.05, 0) is 42.0 Å². The summed E-state index contributed by atoms with van der Waals surface area (Å²) in [5.41, 5.74) is -0.922. The van der Waals surface area contributed by atoms with Crippen molar-refractivity contribution in [3.63, 3.8) is 0 Å². The van der Waals surface area contributed by atoms with Crippen molar-refractivity contribution >= 4 is 11.9 Å². The van der Waals surface area contributed by atoms with Crippen LogP contribution < -0.4 is 5.32 Å². The van der Waals surface area contributed by atoms with Crippen LogP contribution in [0.1, 0.15) is 39.0 Å². The lowest BCUT2D eigenvalue weighted by atomic mass is 9.75. The normalized spacial score (nSPS) is 28.0. The van der Waals surface area contributed by atoms with Gasteiger partial charge in [-0.25, -0.2) is 9.48 Å². The summed E-state index contributed by atoms with van der Waals surface area (Å²) >= 11 is 0. The molecule has 7 nitrogen and oxygen atoms in total. The molecule has 0 radical (unpaired) electrons. The second-order valence-corrected chi connectivity index (χ2v) is 4.99. The van der Waals surface area contributed by atoms with E-state index in [1.807, 2.05) is 0 Å². The average Bonchev–Trinajstić information content (AvgIpc) is 2.75. The van der Waals surface area contributed by atoms with Crippen molar-refractivity contribution < 1.29 is 9.90 Å². The van der Waals surface area contributed by atoms with E-state index in [4.69, 9.17) is 0 Å². The van der Waals surface area contributed by atoms with Crippen molar-refractivity contribution in [2.24, 2.45) is 13.0 Å². The molecule has 0 aromatic carbocycles. The number of hydrogen-bond donors (Lipinski definition) is 2. The van der Waals surface area contributed by atoms with Crippen LogP contribution in [0.5, 0.6) is 0 Å². The maximum absolute atomic E-state index is 11.6. The molecule has 0 amide bonds. The minimum atomic E-state index is -0.922. The van der Waals surface area contributed by atoms with E-state index in [0.29, 0.717) is 24.7 Å². The number of hydrogen-bond acceptors (Lipinski definition) is 5. The van der Waals surface area contributed by atoms with Gasteiger partial charge in [-0.3, -0.25) is 0 Å². The summed E-state index contributed by atoms with van der Waals surface area (Å²) in [5, 5.41) is 23.5. The Morgan fingerprint density at radius 3 is 2.67 bits per heavy atom. The third kappa shape index (κ3) is 2.30. The van der Waals surface area contributed by atoms with Crippen LogP contribution in [0, 0.1) is 5.92 Å². The number of rotatable bonds is 4. The maximum atomic E-state index is 11.6. The Balaban J connectivity index is 2.14. The van der Waals surface area contributed by atoms with Gasteiger partial charge in [-0.2, -0.15) is 0 Å². The highest BCUT2D eigenvalue weighted by atomic mass is 16.4. The molecule has 0 atom stereocenters. The quantitative estimate of drug-likeness (QED) is 0.833. The lowest BCUT2D eigenvalue weighted by Crippen LogP contribution is -2.49. The predicted octanol–water partition coefficient (Wildman–Crippen LogP) is 1.05. The van der Waals surface area contributed by atoms with Crippen molar-refractivity contribution in [2.45, 2.75) is 44.6 Å².